The van der Waals surface area contributed by atoms with Crippen LogP contribution in [0.4, 0.5) is 5.95 Å². The summed E-state index contributed by atoms with van der Waals surface area (Å²) in [6.07, 6.45) is 10.8. The summed E-state index contributed by atoms with van der Waals surface area (Å²) in [5.41, 5.74) is 2.45. The van der Waals surface area contributed by atoms with Crippen LogP contribution in [0.2, 0.25) is 0 Å². The Morgan fingerprint density at radius 2 is 1.68 bits per heavy atom. The molecule has 1 aliphatic carbocycles. The number of carbonyl (C=O) groups excluding carboxylic acids is 1. The summed E-state index contributed by atoms with van der Waals surface area (Å²) in [4.78, 5) is 24.1. The van der Waals surface area contributed by atoms with Crippen LogP contribution in [0.1, 0.15) is 49.7 Å². The van der Waals surface area contributed by atoms with E-state index in [1.54, 1.807) is 28.8 Å². The first-order valence-corrected chi connectivity index (χ1v) is 13.9. The number of benzene rings is 1. The molecule has 3 aliphatic rings. The number of piperidine rings is 2. The van der Waals surface area contributed by atoms with Gasteiger partial charge in [0.25, 0.3) is 0 Å². The van der Waals surface area contributed by atoms with E-state index in [1.807, 2.05) is 12.1 Å². The molecule has 2 aliphatic heterocycles. The summed E-state index contributed by atoms with van der Waals surface area (Å²) >= 11 is 0. The molecule has 8 nitrogen and oxygen atoms in total. The molecule has 34 heavy (non-hydrogen) atoms. The summed E-state index contributed by atoms with van der Waals surface area (Å²) < 4.78 is 28.0. The number of nitrogens with one attached hydrogen (secondary N) is 1. The number of nitrogens with zero attached hydrogens (tertiary/aromatic N) is 4. The van der Waals surface area contributed by atoms with Crippen LogP contribution in [0, 0.1) is 5.92 Å². The van der Waals surface area contributed by atoms with E-state index < -0.39 is 10.0 Å². The number of aryl methyl sites for hydroxylation is 2. The van der Waals surface area contributed by atoms with Crippen LogP contribution < -0.4 is 10.2 Å². The van der Waals surface area contributed by atoms with Crippen molar-refractivity contribution in [2.24, 2.45) is 5.92 Å². The zero-order valence-electron chi connectivity index (χ0n) is 19.5. The van der Waals surface area contributed by atoms with Gasteiger partial charge in [-0.05, 0) is 80.7 Å². The van der Waals surface area contributed by atoms with E-state index in [-0.39, 0.29) is 17.9 Å². The van der Waals surface area contributed by atoms with E-state index in [2.05, 4.69) is 20.2 Å². The third-order valence-electron chi connectivity index (χ3n) is 7.39. The Bertz CT molecular complexity index is 1120. The molecule has 2 fully saturated rings. The molecule has 3 heterocycles. The first-order valence-electron chi connectivity index (χ1n) is 12.4. The highest BCUT2D eigenvalue weighted by Gasteiger charge is 2.33. The fraction of sp³-hybridized carbons (Fsp3) is 0.560. The zero-order valence-corrected chi connectivity index (χ0v) is 20.3. The maximum atomic E-state index is 13.2. The van der Waals surface area contributed by atoms with Crippen molar-refractivity contribution in [1.82, 2.24) is 19.6 Å². The van der Waals surface area contributed by atoms with Gasteiger partial charge in [-0.15, -0.1) is 0 Å². The predicted molar refractivity (Wildman–Crippen MR) is 130 cm³/mol. The third-order valence-corrected chi connectivity index (χ3v) is 9.28. The highest BCUT2D eigenvalue weighted by Crippen LogP contribution is 2.28. The van der Waals surface area contributed by atoms with Gasteiger partial charge in [-0.25, -0.2) is 18.4 Å². The number of fused-ring (bicyclic) bond motifs is 1. The summed E-state index contributed by atoms with van der Waals surface area (Å²) in [7, 11) is -3.53. The van der Waals surface area contributed by atoms with Gasteiger partial charge in [0.1, 0.15) is 0 Å². The monoisotopic (exact) mass is 483 g/mol. The van der Waals surface area contributed by atoms with Crippen LogP contribution >= 0.6 is 0 Å². The minimum Gasteiger partial charge on any atom is -0.351 e. The lowest BCUT2D eigenvalue weighted by molar-refractivity contribution is -0.126. The van der Waals surface area contributed by atoms with Gasteiger partial charge < -0.3 is 10.2 Å². The van der Waals surface area contributed by atoms with Gasteiger partial charge in [-0.2, -0.15) is 4.31 Å². The summed E-state index contributed by atoms with van der Waals surface area (Å²) in [5.74, 6) is 0.576. The first kappa shape index (κ1) is 23.2. The molecule has 5 rings (SSSR count). The normalized spacial score (nSPS) is 22.2. The average molecular weight is 484 g/mol. The van der Waals surface area contributed by atoms with Crippen LogP contribution in [-0.4, -0.2) is 60.8 Å². The molecule has 1 aromatic carbocycles. The maximum absolute atomic E-state index is 13.2. The van der Waals surface area contributed by atoms with Crippen LogP contribution in [0.15, 0.2) is 41.6 Å². The van der Waals surface area contributed by atoms with Crippen LogP contribution in [-0.2, 0) is 27.7 Å². The van der Waals surface area contributed by atoms with Crippen molar-refractivity contribution in [3.05, 3.63) is 47.8 Å². The van der Waals surface area contributed by atoms with Crippen molar-refractivity contribution in [3.8, 4) is 0 Å². The van der Waals surface area contributed by atoms with Crippen molar-refractivity contribution in [2.75, 3.05) is 31.1 Å². The van der Waals surface area contributed by atoms with Gasteiger partial charge >= 0.3 is 0 Å². The summed E-state index contributed by atoms with van der Waals surface area (Å²) in [5, 5.41) is 3.20. The van der Waals surface area contributed by atoms with Crippen LogP contribution in [0.5, 0.6) is 0 Å². The Morgan fingerprint density at radius 1 is 0.941 bits per heavy atom. The molecule has 0 saturated carbocycles. The number of carbonyl (C=O) groups is 1. The fourth-order valence-electron chi connectivity index (χ4n) is 5.43. The average Bonchev–Trinajstić information content (AvgIpc) is 2.89. The second-order valence-corrected chi connectivity index (χ2v) is 11.6. The van der Waals surface area contributed by atoms with Gasteiger partial charge in [0.2, 0.25) is 21.9 Å². The lowest BCUT2D eigenvalue weighted by Crippen LogP contribution is -2.51. The van der Waals surface area contributed by atoms with E-state index in [1.165, 1.54) is 17.5 Å². The van der Waals surface area contributed by atoms with E-state index in [4.69, 9.17) is 0 Å². The molecule has 1 amide bonds. The van der Waals surface area contributed by atoms with E-state index in [9.17, 15) is 13.2 Å². The third kappa shape index (κ3) is 4.95. The fourth-order valence-corrected chi connectivity index (χ4v) is 6.95. The lowest BCUT2D eigenvalue weighted by Gasteiger charge is -2.35. The van der Waals surface area contributed by atoms with Crippen molar-refractivity contribution in [3.63, 3.8) is 0 Å². The number of sulfonamides is 1. The molecule has 1 N–H and O–H groups in total. The van der Waals surface area contributed by atoms with Crippen LogP contribution in [0.3, 0.4) is 0 Å². The standard InChI is InChI=1S/C25H33N5O3S/c31-24(28-22-7-3-14-29(18-22)25-26-12-4-13-27-25)20-10-15-30(16-11-20)34(32,33)23-9-8-19-5-1-2-6-21(19)17-23/h4,8-9,12-13,17,20,22H,1-3,5-7,10-11,14-16,18H2,(H,28,31). The van der Waals surface area contributed by atoms with Gasteiger partial charge in [0.05, 0.1) is 4.90 Å². The molecule has 0 radical (unpaired) electrons. The Kier molecular flexibility index (Phi) is 6.83. The van der Waals surface area contributed by atoms with E-state index >= 15 is 0 Å². The largest absolute Gasteiger partial charge is 0.351 e. The second kappa shape index (κ2) is 10.00. The van der Waals surface area contributed by atoms with E-state index in [0.29, 0.717) is 43.3 Å². The molecule has 1 unspecified atom stereocenters. The zero-order chi connectivity index (χ0) is 23.5. The van der Waals surface area contributed by atoms with Gasteiger partial charge in [-0.3, -0.25) is 4.79 Å². The topological polar surface area (TPSA) is 95.5 Å². The maximum Gasteiger partial charge on any atom is 0.243 e. The number of aromatic nitrogens is 2. The second-order valence-electron chi connectivity index (χ2n) is 9.66. The first-order chi connectivity index (χ1) is 16.5. The van der Waals surface area contributed by atoms with Gasteiger partial charge in [0.15, 0.2) is 0 Å². The molecule has 0 spiro atoms. The summed E-state index contributed by atoms with van der Waals surface area (Å²) in [6.45, 7) is 2.34. The molecular formula is C25H33N5O3S. The Labute approximate surface area is 201 Å². The highest BCUT2D eigenvalue weighted by molar-refractivity contribution is 7.89. The van der Waals surface area contributed by atoms with Crippen LogP contribution in [0.25, 0.3) is 0 Å². The molecule has 2 aromatic rings. The minimum absolute atomic E-state index is 0.0339. The molecule has 0 bridgehead atoms. The van der Waals surface area contributed by atoms with E-state index in [0.717, 1.165) is 38.6 Å². The van der Waals surface area contributed by atoms with Gasteiger partial charge in [0, 0.05) is 50.5 Å². The van der Waals surface area contributed by atoms with Gasteiger partial charge in [-0.1, -0.05) is 6.07 Å². The summed E-state index contributed by atoms with van der Waals surface area (Å²) in [6, 6.07) is 7.46. The number of hydrogen-bond acceptors (Lipinski definition) is 6. The Morgan fingerprint density at radius 3 is 2.44 bits per heavy atom. The number of anilines is 1. The Hall–Kier alpha value is -2.52. The van der Waals surface area contributed by atoms with Crippen molar-refractivity contribution in [2.45, 2.75) is 62.3 Å². The quantitative estimate of drug-likeness (QED) is 0.702. The molecule has 1 atom stereocenters. The molecular weight excluding hydrogens is 450 g/mol. The molecule has 2 saturated heterocycles. The molecule has 1 aromatic heterocycles. The molecule has 9 heteroatoms. The number of amides is 1. The van der Waals surface area contributed by atoms with Crippen molar-refractivity contribution >= 4 is 21.9 Å². The smallest absolute Gasteiger partial charge is 0.243 e. The number of hydrogen-bond donors (Lipinski definition) is 1. The van der Waals surface area contributed by atoms with Crippen molar-refractivity contribution < 1.29 is 13.2 Å². The molecule has 182 valence electrons. The lowest BCUT2D eigenvalue weighted by atomic mass is 9.92. The SMILES string of the molecule is O=C(NC1CCCN(c2ncccn2)C1)C1CCN(S(=O)(=O)c2ccc3c(c2)CCCC3)CC1. The predicted octanol–water partition coefficient (Wildman–Crippen LogP) is 2.54. The van der Waals surface area contributed by atoms with Crippen molar-refractivity contribution in [1.29, 1.82) is 0 Å². The Balaban J connectivity index is 1.16. The minimum atomic E-state index is -3.53. The highest BCUT2D eigenvalue weighted by atomic mass is 32.2. The number of rotatable bonds is 5.